The number of hydrogen-bond donors (Lipinski definition) is 2. The molecule has 1 saturated carbocycles. The van der Waals surface area contributed by atoms with Crippen LogP contribution in [0.5, 0.6) is 0 Å². The van der Waals surface area contributed by atoms with Crippen LogP contribution in [-0.2, 0) is 4.74 Å². The molecule has 1 spiro atoms. The molecular weight excluding hydrogens is 325 g/mol. The topological polar surface area (TPSA) is 106 Å². The molecule has 0 atom stereocenters. The lowest BCUT2D eigenvalue weighted by molar-refractivity contribution is 0.0601. The summed E-state index contributed by atoms with van der Waals surface area (Å²) in [5.41, 5.74) is 12.1. The van der Waals surface area contributed by atoms with Crippen molar-refractivity contribution in [2.45, 2.75) is 44.7 Å². The average molecular weight is 347 g/mol. The fourth-order valence-electron chi connectivity index (χ4n) is 3.60. The predicted octanol–water partition coefficient (Wildman–Crippen LogP) is 2.03. The van der Waals surface area contributed by atoms with Gasteiger partial charge in [0.15, 0.2) is 0 Å². The number of hydrogen-bond acceptors (Lipinski definition) is 7. The maximum Gasteiger partial charge on any atom is 0.339 e. The van der Waals surface area contributed by atoms with E-state index in [-0.39, 0.29) is 17.5 Å². The number of halogens is 1. The lowest BCUT2D eigenvalue weighted by atomic mass is 9.86. The number of esters is 1. The van der Waals surface area contributed by atoms with E-state index in [0.29, 0.717) is 24.1 Å². The van der Waals surface area contributed by atoms with Gasteiger partial charge < -0.3 is 16.2 Å². The molecule has 1 heterocycles. The van der Waals surface area contributed by atoms with Gasteiger partial charge in [-0.25, -0.2) is 14.2 Å². The minimum atomic E-state index is -0.751. The molecular formula is C17H22FN5O2. The number of ether oxygens (including phenoxy) is 1. The molecule has 1 aliphatic heterocycles. The first kappa shape index (κ1) is 17.2. The number of methoxy groups -OCH3 is 1. The van der Waals surface area contributed by atoms with Crippen LogP contribution in [0.25, 0.3) is 0 Å². The second-order valence-electron chi connectivity index (χ2n) is 6.43. The first-order chi connectivity index (χ1) is 11.9. The van der Waals surface area contributed by atoms with Gasteiger partial charge in [-0.05, 0) is 50.3 Å². The summed E-state index contributed by atoms with van der Waals surface area (Å²) >= 11 is 0. The lowest BCUT2D eigenvalue weighted by Crippen LogP contribution is -2.58. The average Bonchev–Trinajstić information content (AvgIpc) is 2.57. The number of aryl methyl sites for hydroxylation is 1. The summed E-state index contributed by atoms with van der Waals surface area (Å²) in [6.07, 6.45) is 4.33. The van der Waals surface area contributed by atoms with Crippen molar-refractivity contribution in [1.29, 1.82) is 0 Å². The van der Waals surface area contributed by atoms with Crippen molar-refractivity contribution in [1.82, 2.24) is 0 Å². The molecule has 3 rings (SSSR count). The summed E-state index contributed by atoms with van der Waals surface area (Å²) in [6.45, 7) is 1.59. The number of carbonyl (C=O) groups is 1. The minimum absolute atomic E-state index is 0.0998. The third-order valence-corrected chi connectivity index (χ3v) is 4.77. The lowest BCUT2D eigenvalue weighted by Gasteiger charge is -2.46. The standard InChI is InChI=1S/C17H22FN5O2/c1-10-8-11(14(24)25-2)13(9-12(10)18)23-16(20)21-15(19)22-17(23)6-4-3-5-7-17/h8-9H,3-7H2,1-2H3,(H4,19,20,21,22). The highest BCUT2D eigenvalue weighted by molar-refractivity contribution is 6.09. The molecule has 1 aromatic rings. The molecule has 0 amide bonds. The van der Waals surface area contributed by atoms with Crippen LogP contribution in [0.3, 0.4) is 0 Å². The smallest absolute Gasteiger partial charge is 0.339 e. The highest BCUT2D eigenvalue weighted by Gasteiger charge is 2.44. The SMILES string of the molecule is COC(=O)c1cc(C)c(F)cc1N1C(N)=NC(N)=NC12CCCCC2. The van der Waals surface area contributed by atoms with E-state index < -0.39 is 17.4 Å². The third-order valence-electron chi connectivity index (χ3n) is 4.77. The molecule has 0 radical (unpaired) electrons. The molecule has 0 aromatic heterocycles. The van der Waals surface area contributed by atoms with Gasteiger partial charge in [0.05, 0.1) is 18.4 Å². The van der Waals surface area contributed by atoms with Crippen molar-refractivity contribution in [2.24, 2.45) is 21.5 Å². The first-order valence-corrected chi connectivity index (χ1v) is 8.26. The molecule has 0 unspecified atom stereocenters. The predicted molar refractivity (Wildman–Crippen MR) is 94.0 cm³/mol. The maximum atomic E-state index is 14.3. The van der Waals surface area contributed by atoms with E-state index in [2.05, 4.69) is 9.98 Å². The molecule has 7 nitrogen and oxygen atoms in total. The van der Waals surface area contributed by atoms with Crippen LogP contribution in [0.1, 0.15) is 48.0 Å². The summed E-state index contributed by atoms with van der Waals surface area (Å²) in [6, 6.07) is 2.75. The Hall–Kier alpha value is -2.64. The normalized spacial score (nSPS) is 19.4. The van der Waals surface area contributed by atoms with E-state index in [9.17, 15) is 9.18 Å². The molecule has 134 valence electrons. The Labute approximate surface area is 145 Å². The number of nitrogens with two attached hydrogens (primary N) is 2. The molecule has 0 bridgehead atoms. The number of nitrogens with zero attached hydrogens (tertiary/aromatic N) is 3. The molecule has 25 heavy (non-hydrogen) atoms. The number of anilines is 1. The van der Waals surface area contributed by atoms with Gasteiger partial charge in [0.2, 0.25) is 11.9 Å². The quantitative estimate of drug-likeness (QED) is 0.796. The number of carbonyl (C=O) groups excluding carboxylic acids is 1. The number of rotatable bonds is 2. The highest BCUT2D eigenvalue weighted by atomic mass is 19.1. The van der Waals surface area contributed by atoms with E-state index in [1.165, 1.54) is 19.2 Å². The number of guanidine groups is 2. The summed E-state index contributed by atoms with van der Waals surface area (Å²) in [4.78, 5) is 22.5. The Morgan fingerprint density at radius 3 is 2.60 bits per heavy atom. The Bertz CT molecular complexity index is 769. The molecule has 8 heteroatoms. The third kappa shape index (κ3) is 2.92. The fourth-order valence-corrected chi connectivity index (χ4v) is 3.60. The van der Waals surface area contributed by atoms with Gasteiger partial charge in [-0.1, -0.05) is 6.42 Å². The summed E-state index contributed by atoms with van der Waals surface area (Å²) < 4.78 is 19.2. The van der Waals surface area contributed by atoms with Gasteiger partial charge in [0, 0.05) is 0 Å². The van der Waals surface area contributed by atoms with Crippen LogP contribution in [0.2, 0.25) is 0 Å². The zero-order valence-electron chi connectivity index (χ0n) is 14.4. The van der Waals surface area contributed by atoms with Crippen molar-refractivity contribution in [3.63, 3.8) is 0 Å². The number of benzene rings is 1. The molecule has 4 N–H and O–H groups in total. The summed E-state index contributed by atoms with van der Waals surface area (Å²) in [5.74, 6) is -0.811. The largest absolute Gasteiger partial charge is 0.465 e. The van der Waals surface area contributed by atoms with Crippen LogP contribution >= 0.6 is 0 Å². The van der Waals surface area contributed by atoms with Crippen molar-refractivity contribution in [2.75, 3.05) is 12.0 Å². The van der Waals surface area contributed by atoms with Gasteiger partial charge in [-0.3, -0.25) is 4.90 Å². The molecule has 1 aliphatic carbocycles. The Kier molecular flexibility index (Phi) is 4.36. The molecule has 2 aliphatic rings. The highest BCUT2D eigenvalue weighted by Crippen LogP contribution is 2.41. The van der Waals surface area contributed by atoms with E-state index >= 15 is 0 Å². The first-order valence-electron chi connectivity index (χ1n) is 8.26. The van der Waals surface area contributed by atoms with E-state index in [0.717, 1.165) is 19.3 Å². The van der Waals surface area contributed by atoms with Crippen LogP contribution in [0.4, 0.5) is 10.1 Å². The van der Waals surface area contributed by atoms with Crippen LogP contribution in [0.15, 0.2) is 22.1 Å². The monoisotopic (exact) mass is 347 g/mol. The van der Waals surface area contributed by atoms with Gasteiger partial charge >= 0.3 is 5.97 Å². The van der Waals surface area contributed by atoms with Crippen LogP contribution in [-0.4, -0.2) is 30.7 Å². The Morgan fingerprint density at radius 2 is 1.96 bits per heavy atom. The zero-order valence-corrected chi connectivity index (χ0v) is 14.4. The van der Waals surface area contributed by atoms with Crippen molar-refractivity contribution < 1.29 is 13.9 Å². The number of aliphatic imine (C=N–C) groups is 2. The second kappa shape index (κ2) is 6.34. The zero-order chi connectivity index (χ0) is 18.2. The second-order valence-corrected chi connectivity index (χ2v) is 6.43. The van der Waals surface area contributed by atoms with Gasteiger partial charge in [-0.15, -0.1) is 0 Å². The maximum absolute atomic E-state index is 14.3. The van der Waals surface area contributed by atoms with E-state index in [1.807, 2.05) is 0 Å². The van der Waals surface area contributed by atoms with E-state index in [1.54, 1.807) is 11.8 Å². The summed E-state index contributed by atoms with van der Waals surface area (Å²) in [5, 5.41) is 0. The van der Waals surface area contributed by atoms with Crippen LogP contribution < -0.4 is 16.4 Å². The van der Waals surface area contributed by atoms with Crippen molar-refractivity contribution in [3.05, 3.63) is 29.1 Å². The van der Waals surface area contributed by atoms with Gasteiger partial charge in [-0.2, -0.15) is 4.99 Å². The Morgan fingerprint density at radius 1 is 1.28 bits per heavy atom. The molecule has 1 aromatic carbocycles. The van der Waals surface area contributed by atoms with Crippen molar-refractivity contribution >= 4 is 23.6 Å². The van der Waals surface area contributed by atoms with E-state index in [4.69, 9.17) is 16.2 Å². The fraction of sp³-hybridized carbons (Fsp3) is 0.471. The minimum Gasteiger partial charge on any atom is -0.465 e. The summed E-state index contributed by atoms with van der Waals surface area (Å²) in [7, 11) is 1.28. The van der Waals surface area contributed by atoms with Gasteiger partial charge in [0.25, 0.3) is 0 Å². The van der Waals surface area contributed by atoms with Gasteiger partial charge in [0.1, 0.15) is 11.5 Å². The Balaban J connectivity index is 2.20. The van der Waals surface area contributed by atoms with Crippen LogP contribution in [0, 0.1) is 12.7 Å². The van der Waals surface area contributed by atoms with Crippen molar-refractivity contribution in [3.8, 4) is 0 Å². The molecule has 1 fully saturated rings. The molecule has 0 saturated heterocycles.